The first-order chi connectivity index (χ1) is 14.1. The Balaban J connectivity index is 1.37. The maximum absolute atomic E-state index is 13.2. The lowest BCUT2D eigenvalue weighted by molar-refractivity contribution is 0.0598. The van der Waals surface area contributed by atoms with E-state index in [-0.39, 0.29) is 5.91 Å². The van der Waals surface area contributed by atoms with Crippen LogP contribution < -0.4 is 5.32 Å². The van der Waals surface area contributed by atoms with E-state index in [0.29, 0.717) is 24.2 Å². The van der Waals surface area contributed by atoms with Crippen molar-refractivity contribution in [3.63, 3.8) is 0 Å². The number of aryl methyl sites for hydroxylation is 2. The number of amides is 1. The number of H-pyrrole nitrogens is 1. The molecule has 2 bridgehead atoms. The van der Waals surface area contributed by atoms with Gasteiger partial charge in [-0.1, -0.05) is 27.2 Å². The van der Waals surface area contributed by atoms with E-state index in [1.807, 2.05) is 24.4 Å². The van der Waals surface area contributed by atoms with Gasteiger partial charge in [0.15, 0.2) is 5.82 Å². The molecule has 0 radical (unpaired) electrons. The zero-order chi connectivity index (χ0) is 19.8. The van der Waals surface area contributed by atoms with Crippen LogP contribution in [-0.2, 0) is 13.0 Å². The highest BCUT2D eigenvalue weighted by Crippen LogP contribution is 2.49. The Hall–Kier alpha value is -2.22. The second-order valence-corrected chi connectivity index (χ2v) is 9.47. The number of hydrogen-bond acceptors (Lipinski definition) is 4. The molecule has 0 unspecified atom stereocenters. The quantitative estimate of drug-likeness (QED) is 0.589. The summed E-state index contributed by atoms with van der Waals surface area (Å²) in [6.45, 7) is 1.48. The van der Waals surface area contributed by atoms with Crippen molar-refractivity contribution in [3.8, 4) is 0 Å². The van der Waals surface area contributed by atoms with E-state index in [9.17, 15) is 4.79 Å². The SMILES string of the molecule is O=C(NCC12CCC(CC1)CC2)c1cn(CCc2nn[nH]n2)c2cccc(Br)c12. The largest absolute Gasteiger partial charge is 0.351 e. The van der Waals surface area contributed by atoms with Gasteiger partial charge in [-0.3, -0.25) is 4.79 Å². The molecule has 2 N–H and O–H groups in total. The third-order valence-electron chi connectivity index (χ3n) is 6.94. The van der Waals surface area contributed by atoms with E-state index < -0.39 is 0 Å². The van der Waals surface area contributed by atoms with Crippen LogP contribution in [0.3, 0.4) is 0 Å². The molecule has 0 aliphatic heterocycles. The number of fused-ring (bicyclic) bond motifs is 4. The summed E-state index contributed by atoms with van der Waals surface area (Å²) in [5.74, 6) is 1.61. The second-order valence-electron chi connectivity index (χ2n) is 8.61. The first-order valence-electron chi connectivity index (χ1n) is 10.4. The van der Waals surface area contributed by atoms with Crippen LogP contribution in [0.15, 0.2) is 28.9 Å². The van der Waals surface area contributed by atoms with Gasteiger partial charge in [-0.15, -0.1) is 10.2 Å². The average Bonchev–Trinajstić information content (AvgIpc) is 3.40. The van der Waals surface area contributed by atoms with Crippen LogP contribution in [0.1, 0.15) is 54.7 Å². The minimum absolute atomic E-state index is 0.0160. The number of benzene rings is 1. The number of halogens is 1. The lowest BCUT2D eigenvalue weighted by atomic mass is 9.61. The highest BCUT2D eigenvalue weighted by atomic mass is 79.9. The third-order valence-corrected chi connectivity index (χ3v) is 7.60. The maximum Gasteiger partial charge on any atom is 0.253 e. The number of hydrogen-bond donors (Lipinski definition) is 2. The molecule has 8 heteroatoms. The fourth-order valence-corrected chi connectivity index (χ4v) is 5.71. The summed E-state index contributed by atoms with van der Waals surface area (Å²) in [6, 6.07) is 6.04. The van der Waals surface area contributed by atoms with E-state index in [0.717, 1.165) is 33.4 Å². The monoisotopic (exact) mass is 456 g/mol. The van der Waals surface area contributed by atoms with Crippen molar-refractivity contribution in [2.75, 3.05) is 6.54 Å². The Labute approximate surface area is 177 Å². The minimum Gasteiger partial charge on any atom is -0.351 e. The Kier molecular flexibility index (Phi) is 4.89. The van der Waals surface area contributed by atoms with Gasteiger partial charge in [0.25, 0.3) is 5.91 Å². The van der Waals surface area contributed by atoms with E-state index in [2.05, 4.69) is 46.4 Å². The molecule has 6 rings (SSSR count). The van der Waals surface area contributed by atoms with Gasteiger partial charge in [-0.25, -0.2) is 0 Å². The zero-order valence-corrected chi connectivity index (χ0v) is 17.9. The lowest BCUT2D eigenvalue weighted by Crippen LogP contribution is -2.43. The van der Waals surface area contributed by atoms with E-state index in [1.165, 1.54) is 38.5 Å². The first kappa shape index (κ1) is 18.8. The van der Waals surface area contributed by atoms with Crippen molar-refractivity contribution in [1.29, 1.82) is 0 Å². The summed E-state index contributed by atoms with van der Waals surface area (Å²) in [6.07, 6.45) is 10.4. The van der Waals surface area contributed by atoms with Gasteiger partial charge in [0, 0.05) is 41.1 Å². The molecule has 2 aromatic heterocycles. The van der Waals surface area contributed by atoms with Crippen LogP contribution in [0, 0.1) is 11.3 Å². The zero-order valence-electron chi connectivity index (χ0n) is 16.3. The van der Waals surface area contributed by atoms with Crippen LogP contribution in [0.5, 0.6) is 0 Å². The van der Waals surface area contributed by atoms with Gasteiger partial charge in [0.2, 0.25) is 0 Å². The standard InChI is InChI=1S/C21H25BrN6O/c22-16-2-1-3-17-19(16)15(12-28(17)11-7-18-24-26-27-25-18)20(29)23-13-21-8-4-14(5-9-21)6-10-21/h1-3,12,14H,4-11,13H2,(H,23,29)(H,24,25,26,27). The topological polar surface area (TPSA) is 88.5 Å². The maximum atomic E-state index is 13.2. The van der Waals surface area contributed by atoms with Gasteiger partial charge in [-0.2, -0.15) is 5.21 Å². The van der Waals surface area contributed by atoms with Crippen molar-refractivity contribution in [3.05, 3.63) is 40.3 Å². The normalized spacial score (nSPS) is 23.6. The lowest BCUT2D eigenvalue weighted by Gasteiger charge is -2.46. The molecular weight excluding hydrogens is 432 g/mol. The summed E-state index contributed by atoms with van der Waals surface area (Å²) in [5.41, 5.74) is 2.07. The van der Waals surface area contributed by atoms with E-state index >= 15 is 0 Å². The fraction of sp³-hybridized carbons (Fsp3) is 0.524. The molecule has 3 aromatic rings. The van der Waals surface area contributed by atoms with Gasteiger partial charge in [-0.05, 0) is 62.0 Å². The highest BCUT2D eigenvalue weighted by Gasteiger charge is 2.40. The molecule has 2 heterocycles. The molecule has 0 spiro atoms. The van der Waals surface area contributed by atoms with Gasteiger partial charge in [0.05, 0.1) is 5.56 Å². The molecule has 3 saturated carbocycles. The molecule has 152 valence electrons. The number of aromatic amines is 1. The first-order valence-corrected chi connectivity index (χ1v) is 11.2. The molecular formula is C21H25BrN6O. The fourth-order valence-electron chi connectivity index (χ4n) is 5.14. The number of carbonyl (C=O) groups excluding carboxylic acids is 1. The second kappa shape index (κ2) is 7.55. The van der Waals surface area contributed by atoms with E-state index in [1.54, 1.807) is 0 Å². The summed E-state index contributed by atoms with van der Waals surface area (Å²) < 4.78 is 3.05. The summed E-state index contributed by atoms with van der Waals surface area (Å²) in [5, 5.41) is 18.4. The molecule has 7 nitrogen and oxygen atoms in total. The van der Waals surface area contributed by atoms with Crippen molar-refractivity contribution in [1.82, 2.24) is 30.5 Å². The molecule has 1 aromatic carbocycles. The van der Waals surface area contributed by atoms with Crippen LogP contribution in [-0.4, -0.2) is 37.6 Å². The Morgan fingerprint density at radius 1 is 1.28 bits per heavy atom. The highest BCUT2D eigenvalue weighted by molar-refractivity contribution is 9.10. The third kappa shape index (κ3) is 3.58. The predicted octanol–water partition coefficient (Wildman–Crippen LogP) is 3.86. The number of nitrogens with one attached hydrogen (secondary N) is 2. The van der Waals surface area contributed by atoms with Crippen LogP contribution in [0.25, 0.3) is 10.9 Å². The number of carbonyl (C=O) groups is 1. The summed E-state index contributed by atoms with van der Waals surface area (Å²) >= 11 is 3.64. The Morgan fingerprint density at radius 2 is 2.07 bits per heavy atom. The number of rotatable bonds is 6. The van der Waals surface area contributed by atoms with Crippen molar-refractivity contribution in [2.45, 2.75) is 51.5 Å². The molecule has 1 amide bonds. The molecule has 0 saturated heterocycles. The summed E-state index contributed by atoms with van der Waals surface area (Å²) in [4.78, 5) is 13.2. The smallest absolute Gasteiger partial charge is 0.253 e. The molecule has 29 heavy (non-hydrogen) atoms. The van der Waals surface area contributed by atoms with Crippen LogP contribution in [0.4, 0.5) is 0 Å². The summed E-state index contributed by atoms with van der Waals surface area (Å²) in [7, 11) is 0. The van der Waals surface area contributed by atoms with Gasteiger partial charge < -0.3 is 9.88 Å². The van der Waals surface area contributed by atoms with Crippen molar-refractivity contribution >= 4 is 32.7 Å². The number of aromatic nitrogens is 5. The molecule has 3 aliphatic carbocycles. The minimum atomic E-state index is 0.0160. The molecule has 3 aliphatic rings. The van der Waals surface area contributed by atoms with Crippen LogP contribution in [0.2, 0.25) is 0 Å². The predicted molar refractivity (Wildman–Crippen MR) is 113 cm³/mol. The average molecular weight is 457 g/mol. The Bertz CT molecular complexity index is 1010. The Morgan fingerprint density at radius 3 is 2.79 bits per heavy atom. The molecule has 0 atom stereocenters. The number of nitrogens with zero attached hydrogens (tertiary/aromatic N) is 4. The number of tetrazole rings is 1. The van der Waals surface area contributed by atoms with Crippen LogP contribution >= 0.6 is 15.9 Å². The van der Waals surface area contributed by atoms with Gasteiger partial charge >= 0.3 is 0 Å². The van der Waals surface area contributed by atoms with Crippen molar-refractivity contribution < 1.29 is 4.79 Å². The van der Waals surface area contributed by atoms with Crippen molar-refractivity contribution in [2.24, 2.45) is 11.3 Å². The molecule has 3 fully saturated rings. The van der Waals surface area contributed by atoms with Gasteiger partial charge in [0.1, 0.15) is 0 Å². The van der Waals surface area contributed by atoms with E-state index in [4.69, 9.17) is 0 Å².